The highest BCUT2D eigenvalue weighted by Crippen LogP contribution is 2.13. The number of hydrogen-bond donors (Lipinski definition) is 0. The maximum atomic E-state index is 5.51. The fourth-order valence-corrected chi connectivity index (χ4v) is 1.24. The Kier molecular flexibility index (Phi) is 2.54. The lowest BCUT2D eigenvalue weighted by Crippen LogP contribution is -1.92. The molecule has 68 valence electrons. The Hall–Kier alpha value is -1.70. The van der Waals surface area contributed by atoms with Crippen LogP contribution in [0, 0.1) is 6.92 Å². The van der Waals surface area contributed by atoms with Crippen LogP contribution in [0.15, 0.2) is 42.6 Å². The summed E-state index contributed by atoms with van der Waals surface area (Å²) in [6.07, 6.45) is 2.18. The van der Waals surface area contributed by atoms with Crippen LogP contribution in [0.5, 0.6) is 0 Å². The molecular formula is C12H10N2. The standard InChI is InChI=1S/C12H10N2/c1-2-11-8-9-13-12(14-11)10-6-4-3-5-7-10/h1,3-9H,2H2. The van der Waals surface area contributed by atoms with Gasteiger partial charge in [0.15, 0.2) is 5.82 Å². The summed E-state index contributed by atoms with van der Waals surface area (Å²) in [5.74, 6) is 0.730. The molecule has 0 saturated carbocycles. The van der Waals surface area contributed by atoms with E-state index in [-0.39, 0.29) is 0 Å². The van der Waals surface area contributed by atoms with Gasteiger partial charge < -0.3 is 0 Å². The molecule has 2 radical (unpaired) electrons. The van der Waals surface area contributed by atoms with E-state index in [9.17, 15) is 0 Å². The van der Waals surface area contributed by atoms with Crippen LogP contribution in [-0.4, -0.2) is 9.97 Å². The second-order valence-electron chi connectivity index (χ2n) is 2.94. The van der Waals surface area contributed by atoms with Gasteiger partial charge in [-0.1, -0.05) is 30.3 Å². The molecule has 1 aromatic heterocycles. The van der Waals surface area contributed by atoms with Crippen molar-refractivity contribution in [2.75, 3.05) is 0 Å². The molecule has 14 heavy (non-hydrogen) atoms. The molecule has 0 saturated heterocycles. The predicted octanol–water partition coefficient (Wildman–Crippen LogP) is 2.40. The van der Waals surface area contributed by atoms with E-state index in [0.29, 0.717) is 6.42 Å². The normalized spacial score (nSPS) is 10.1. The quantitative estimate of drug-likeness (QED) is 0.712. The molecule has 0 atom stereocenters. The summed E-state index contributed by atoms with van der Waals surface area (Å²) >= 11 is 0. The molecule has 0 aliphatic carbocycles. The monoisotopic (exact) mass is 182 g/mol. The topological polar surface area (TPSA) is 25.8 Å². The maximum Gasteiger partial charge on any atom is 0.159 e. The van der Waals surface area contributed by atoms with E-state index >= 15 is 0 Å². The second kappa shape index (κ2) is 4.01. The van der Waals surface area contributed by atoms with Crippen molar-refractivity contribution in [3.05, 3.63) is 55.2 Å². The van der Waals surface area contributed by atoms with E-state index in [1.165, 1.54) is 0 Å². The highest BCUT2D eigenvalue weighted by Gasteiger charge is 1.99. The van der Waals surface area contributed by atoms with Gasteiger partial charge in [0, 0.05) is 17.5 Å². The van der Waals surface area contributed by atoms with Crippen LogP contribution < -0.4 is 0 Å². The number of rotatable bonds is 2. The van der Waals surface area contributed by atoms with Gasteiger partial charge in [-0.15, -0.1) is 0 Å². The highest BCUT2D eigenvalue weighted by atomic mass is 14.9. The maximum absolute atomic E-state index is 5.51. The van der Waals surface area contributed by atoms with Crippen molar-refractivity contribution in [3.63, 3.8) is 0 Å². The highest BCUT2D eigenvalue weighted by molar-refractivity contribution is 5.54. The van der Waals surface area contributed by atoms with Crippen molar-refractivity contribution in [1.29, 1.82) is 0 Å². The van der Waals surface area contributed by atoms with Crippen molar-refractivity contribution >= 4 is 0 Å². The summed E-state index contributed by atoms with van der Waals surface area (Å²) in [5, 5.41) is 0. The summed E-state index contributed by atoms with van der Waals surface area (Å²) in [6, 6.07) is 11.7. The van der Waals surface area contributed by atoms with E-state index < -0.39 is 0 Å². The zero-order chi connectivity index (χ0) is 9.80. The van der Waals surface area contributed by atoms with E-state index in [4.69, 9.17) is 6.92 Å². The van der Waals surface area contributed by atoms with Gasteiger partial charge in [-0.3, -0.25) is 0 Å². The largest absolute Gasteiger partial charge is 0.237 e. The summed E-state index contributed by atoms with van der Waals surface area (Å²) in [4.78, 5) is 8.52. The zero-order valence-electron chi connectivity index (χ0n) is 7.72. The first kappa shape index (κ1) is 8.88. The Morgan fingerprint density at radius 1 is 1.07 bits per heavy atom. The predicted molar refractivity (Wildman–Crippen MR) is 55.5 cm³/mol. The molecule has 2 rings (SSSR count). The Morgan fingerprint density at radius 2 is 1.86 bits per heavy atom. The van der Waals surface area contributed by atoms with Gasteiger partial charge >= 0.3 is 0 Å². The molecule has 0 spiro atoms. The lowest BCUT2D eigenvalue weighted by atomic mass is 10.2. The van der Waals surface area contributed by atoms with Gasteiger partial charge in [0.1, 0.15) is 0 Å². The van der Waals surface area contributed by atoms with Gasteiger partial charge in [0.25, 0.3) is 0 Å². The van der Waals surface area contributed by atoms with E-state index in [0.717, 1.165) is 17.1 Å². The molecule has 1 heterocycles. The first-order valence-electron chi connectivity index (χ1n) is 4.47. The van der Waals surface area contributed by atoms with Crippen molar-refractivity contribution < 1.29 is 0 Å². The summed E-state index contributed by atoms with van der Waals surface area (Å²) in [5.41, 5.74) is 1.88. The minimum atomic E-state index is 0.447. The van der Waals surface area contributed by atoms with Crippen molar-refractivity contribution in [2.24, 2.45) is 0 Å². The molecule has 0 fully saturated rings. The number of benzene rings is 1. The third-order valence-electron chi connectivity index (χ3n) is 1.95. The average molecular weight is 182 g/mol. The van der Waals surface area contributed by atoms with E-state index in [2.05, 4.69) is 9.97 Å². The minimum absolute atomic E-state index is 0.447. The van der Waals surface area contributed by atoms with Crippen LogP contribution in [0.1, 0.15) is 5.69 Å². The Labute approximate surface area is 83.7 Å². The Balaban J connectivity index is 2.42. The van der Waals surface area contributed by atoms with Crippen molar-refractivity contribution in [1.82, 2.24) is 9.97 Å². The average Bonchev–Trinajstić information content (AvgIpc) is 2.30. The lowest BCUT2D eigenvalue weighted by molar-refractivity contribution is 1.06. The molecule has 0 aliphatic heterocycles. The van der Waals surface area contributed by atoms with E-state index in [1.54, 1.807) is 6.20 Å². The van der Waals surface area contributed by atoms with Crippen LogP contribution in [0.4, 0.5) is 0 Å². The second-order valence-corrected chi connectivity index (χ2v) is 2.94. The first-order valence-corrected chi connectivity index (χ1v) is 4.47. The Bertz CT molecular complexity index is 410. The van der Waals surface area contributed by atoms with Crippen LogP contribution in [0.2, 0.25) is 0 Å². The smallest absolute Gasteiger partial charge is 0.159 e. The Morgan fingerprint density at radius 3 is 2.57 bits per heavy atom. The first-order chi connectivity index (χ1) is 6.90. The van der Waals surface area contributed by atoms with E-state index in [1.807, 2.05) is 36.4 Å². The molecule has 0 amide bonds. The fourth-order valence-electron chi connectivity index (χ4n) is 1.24. The van der Waals surface area contributed by atoms with Gasteiger partial charge in [-0.2, -0.15) is 0 Å². The third kappa shape index (κ3) is 1.79. The SMILES string of the molecule is [CH]Cc1ccnc(-c2ccccc2)n1. The van der Waals surface area contributed by atoms with Crippen LogP contribution in [-0.2, 0) is 6.42 Å². The molecule has 2 aromatic rings. The summed E-state index contributed by atoms with van der Waals surface area (Å²) in [7, 11) is 0. The molecule has 1 aromatic carbocycles. The summed E-state index contributed by atoms with van der Waals surface area (Å²) in [6.45, 7) is 5.51. The molecule has 0 unspecified atom stereocenters. The van der Waals surface area contributed by atoms with Gasteiger partial charge in [-0.25, -0.2) is 9.97 Å². The van der Waals surface area contributed by atoms with Crippen LogP contribution in [0.25, 0.3) is 11.4 Å². The van der Waals surface area contributed by atoms with Crippen molar-refractivity contribution in [2.45, 2.75) is 6.42 Å². The zero-order valence-corrected chi connectivity index (χ0v) is 7.72. The molecule has 0 aliphatic rings. The van der Waals surface area contributed by atoms with Gasteiger partial charge in [0.2, 0.25) is 0 Å². The molecule has 2 heteroatoms. The number of nitrogens with zero attached hydrogens (tertiary/aromatic N) is 2. The lowest BCUT2D eigenvalue weighted by Gasteiger charge is -2.00. The molecule has 0 bridgehead atoms. The fraction of sp³-hybridized carbons (Fsp3) is 0.0833. The van der Waals surface area contributed by atoms with Crippen LogP contribution in [0.3, 0.4) is 0 Å². The summed E-state index contributed by atoms with van der Waals surface area (Å²) < 4.78 is 0. The third-order valence-corrected chi connectivity index (χ3v) is 1.95. The van der Waals surface area contributed by atoms with Gasteiger partial charge in [-0.05, 0) is 19.4 Å². The van der Waals surface area contributed by atoms with Crippen LogP contribution >= 0.6 is 0 Å². The number of hydrogen-bond acceptors (Lipinski definition) is 2. The van der Waals surface area contributed by atoms with Crippen molar-refractivity contribution in [3.8, 4) is 11.4 Å². The minimum Gasteiger partial charge on any atom is -0.237 e. The number of aromatic nitrogens is 2. The van der Waals surface area contributed by atoms with Gasteiger partial charge in [0.05, 0.1) is 0 Å². The molecular weight excluding hydrogens is 172 g/mol. The molecule has 0 N–H and O–H groups in total. The molecule has 2 nitrogen and oxygen atoms in total.